The molecular formula is C20H27FN4OS. The first-order valence-corrected chi connectivity index (χ1v) is 10.3. The molecule has 146 valence electrons. The number of unbranched alkanes of at least 4 members (excludes halogenated alkanes) is 4. The maximum atomic E-state index is 13.6. The van der Waals surface area contributed by atoms with Gasteiger partial charge < -0.3 is 9.88 Å². The molecule has 5 nitrogen and oxygen atoms in total. The fourth-order valence-corrected chi connectivity index (χ4v) is 3.46. The number of rotatable bonds is 12. The topological polar surface area (TPSA) is 59.8 Å². The van der Waals surface area contributed by atoms with E-state index < -0.39 is 5.82 Å². The number of aryl methyl sites for hydroxylation is 1. The van der Waals surface area contributed by atoms with E-state index in [9.17, 15) is 9.18 Å². The molecule has 0 fully saturated rings. The summed E-state index contributed by atoms with van der Waals surface area (Å²) in [6, 6.07) is 6.12. The largest absolute Gasteiger partial charge is 0.323 e. The van der Waals surface area contributed by atoms with Gasteiger partial charge in [-0.2, -0.15) is 0 Å². The third kappa shape index (κ3) is 6.82. The van der Waals surface area contributed by atoms with Crippen molar-refractivity contribution in [2.75, 3.05) is 11.1 Å². The van der Waals surface area contributed by atoms with Gasteiger partial charge in [-0.15, -0.1) is 16.8 Å². The Bertz CT molecular complexity index is 747. The van der Waals surface area contributed by atoms with Crippen LogP contribution in [0.25, 0.3) is 0 Å². The Morgan fingerprint density at radius 3 is 2.78 bits per heavy atom. The number of aromatic nitrogens is 3. The minimum absolute atomic E-state index is 0.139. The van der Waals surface area contributed by atoms with E-state index in [1.54, 1.807) is 18.2 Å². The number of hydrogen-bond acceptors (Lipinski definition) is 4. The Balaban J connectivity index is 1.90. The number of carbonyl (C=O) groups excluding carboxylic acids is 1. The molecule has 0 unspecified atom stereocenters. The number of amides is 1. The Kier molecular flexibility index (Phi) is 9.04. The summed E-state index contributed by atoms with van der Waals surface area (Å²) >= 11 is 1.30. The first-order valence-electron chi connectivity index (χ1n) is 9.35. The summed E-state index contributed by atoms with van der Waals surface area (Å²) in [7, 11) is 0. The second-order valence-corrected chi connectivity index (χ2v) is 7.22. The lowest BCUT2D eigenvalue weighted by molar-refractivity contribution is -0.113. The van der Waals surface area contributed by atoms with Crippen LogP contribution < -0.4 is 5.32 Å². The molecule has 2 rings (SSSR count). The molecule has 0 radical (unpaired) electrons. The lowest BCUT2D eigenvalue weighted by atomic mass is 10.1. The van der Waals surface area contributed by atoms with E-state index in [-0.39, 0.29) is 17.3 Å². The van der Waals surface area contributed by atoms with Crippen molar-refractivity contribution in [3.8, 4) is 0 Å². The summed E-state index contributed by atoms with van der Waals surface area (Å²) < 4.78 is 15.6. The maximum Gasteiger partial charge on any atom is 0.234 e. The first-order chi connectivity index (χ1) is 13.2. The van der Waals surface area contributed by atoms with Crippen molar-refractivity contribution >= 4 is 23.4 Å². The molecule has 7 heteroatoms. The summed E-state index contributed by atoms with van der Waals surface area (Å²) in [5.74, 6) is 0.332. The van der Waals surface area contributed by atoms with Gasteiger partial charge in [-0.1, -0.05) is 62.6 Å². The highest BCUT2D eigenvalue weighted by molar-refractivity contribution is 7.99. The molecule has 0 saturated heterocycles. The third-order valence-electron chi connectivity index (χ3n) is 4.09. The Morgan fingerprint density at radius 1 is 1.26 bits per heavy atom. The van der Waals surface area contributed by atoms with Gasteiger partial charge in [0.25, 0.3) is 0 Å². The normalized spacial score (nSPS) is 10.7. The lowest BCUT2D eigenvalue weighted by Crippen LogP contribution is -2.15. The van der Waals surface area contributed by atoms with Crippen molar-refractivity contribution in [1.82, 2.24) is 14.8 Å². The van der Waals surface area contributed by atoms with E-state index >= 15 is 0 Å². The van der Waals surface area contributed by atoms with Crippen molar-refractivity contribution in [2.24, 2.45) is 0 Å². The zero-order valence-electron chi connectivity index (χ0n) is 15.8. The molecule has 0 saturated carbocycles. The number of carbonyl (C=O) groups is 1. The molecule has 1 aromatic carbocycles. The van der Waals surface area contributed by atoms with Crippen LogP contribution in [0.5, 0.6) is 0 Å². The van der Waals surface area contributed by atoms with E-state index in [4.69, 9.17) is 0 Å². The van der Waals surface area contributed by atoms with Crippen LogP contribution in [0, 0.1) is 5.82 Å². The summed E-state index contributed by atoms with van der Waals surface area (Å²) in [4.78, 5) is 12.1. The summed E-state index contributed by atoms with van der Waals surface area (Å²) in [5, 5.41) is 11.8. The highest BCUT2D eigenvalue weighted by Gasteiger charge is 2.14. The van der Waals surface area contributed by atoms with E-state index in [0.717, 1.165) is 18.7 Å². The zero-order valence-corrected chi connectivity index (χ0v) is 16.6. The number of halogens is 1. The molecule has 2 aromatic rings. The van der Waals surface area contributed by atoms with Crippen LogP contribution in [0.2, 0.25) is 0 Å². The van der Waals surface area contributed by atoms with Gasteiger partial charge in [-0.3, -0.25) is 4.79 Å². The fraction of sp³-hybridized carbons (Fsp3) is 0.450. The average Bonchev–Trinajstić information content (AvgIpc) is 3.04. The van der Waals surface area contributed by atoms with Crippen molar-refractivity contribution in [1.29, 1.82) is 0 Å². The van der Waals surface area contributed by atoms with Gasteiger partial charge >= 0.3 is 0 Å². The van der Waals surface area contributed by atoms with Crippen molar-refractivity contribution < 1.29 is 9.18 Å². The summed E-state index contributed by atoms with van der Waals surface area (Å²) in [6.07, 6.45) is 8.65. The van der Waals surface area contributed by atoms with Crippen LogP contribution in [0.3, 0.4) is 0 Å². The molecule has 0 aliphatic carbocycles. The number of nitrogens with one attached hydrogen (secondary N) is 1. The molecule has 0 aliphatic rings. The molecule has 1 aromatic heterocycles. The molecule has 0 atom stereocenters. The molecule has 0 spiro atoms. The number of benzene rings is 1. The number of anilines is 1. The zero-order chi connectivity index (χ0) is 19.5. The number of nitrogens with zero attached hydrogens (tertiary/aromatic N) is 3. The SMILES string of the molecule is C=CCn1c(CCCCCCC)nnc1SCC(=O)Nc1ccccc1F. The third-order valence-corrected chi connectivity index (χ3v) is 5.06. The van der Waals surface area contributed by atoms with Gasteiger partial charge in [0, 0.05) is 13.0 Å². The van der Waals surface area contributed by atoms with Crippen LogP contribution in [0.15, 0.2) is 42.1 Å². The Labute approximate surface area is 164 Å². The van der Waals surface area contributed by atoms with Gasteiger partial charge in [-0.05, 0) is 18.6 Å². The number of para-hydroxylation sites is 1. The van der Waals surface area contributed by atoms with Gasteiger partial charge in [0.2, 0.25) is 5.91 Å². The van der Waals surface area contributed by atoms with Crippen molar-refractivity contribution in [3.05, 3.63) is 48.6 Å². The van der Waals surface area contributed by atoms with Gasteiger partial charge in [-0.25, -0.2) is 4.39 Å². The van der Waals surface area contributed by atoms with Gasteiger partial charge in [0.05, 0.1) is 11.4 Å². The molecule has 1 amide bonds. The molecule has 0 aliphatic heterocycles. The highest BCUT2D eigenvalue weighted by atomic mass is 32.2. The second kappa shape index (κ2) is 11.5. The highest BCUT2D eigenvalue weighted by Crippen LogP contribution is 2.20. The Hall–Kier alpha value is -2.15. The van der Waals surface area contributed by atoms with Crippen molar-refractivity contribution in [2.45, 2.75) is 57.1 Å². The van der Waals surface area contributed by atoms with Crippen LogP contribution in [-0.4, -0.2) is 26.4 Å². The Morgan fingerprint density at radius 2 is 2.04 bits per heavy atom. The number of thioether (sulfide) groups is 1. The first kappa shape index (κ1) is 21.2. The van der Waals surface area contributed by atoms with Crippen LogP contribution in [0.1, 0.15) is 44.9 Å². The fourth-order valence-electron chi connectivity index (χ4n) is 2.69. The van der Waals surface area contributed by atoms with Crippen LogP contribution >= 0.6 is 11.8 Å². The quantitative estimate of drug-likeness (QED) is 0.320. The van der Waals surface area contributed by atoms with E-state index in [1.807, 2.05) is 4.57 Å². The van der Waals surface area contributed by atoms with Gasteiger partial charge in [0.1, 0.15) is 11.6 Å². The van der Waals surface area contributed by atoms with Crippen LogP contribution in [0.4, 0.5) is 10.1 Å². The molecule has 27 heavy (non-hydrogen) atoms. The summed E-state index contributed by atoms with van der Waals surface area (Å²) in [5.41, 5.74) is 0.184. The van der Waals surface area contributed by atoms with E-state index in [0.29, 0.717) is 11.7 Å². The van der Waals surface area contributed by atoms with E-state index in [2.05, 4.69) is 29.0 Å². The summed E-state index contributed by atoms with van der Waals surface area (Å²) in [6.45, 7) is 6.60. The van der Waals surface area contributed by atoms with Crippen LogP contribution in [-0.2, 0) is 17.8 Å². The second-order valence-electron chi connectivity index (χ2n) is 6.28. The smallest absolute Gasteiger partial charge is 0.234 e. The number of hydrogen-bond donors (Lipinski definition) is 1. The molecule has 1 N–H and O–H groups in total. The molecule has 1 heterocycles. The molecule has 0 bridgehead atoms. The van der Waals surface area contributed by atoms with Crippen molar-refractivity contribution in [3.63, 3.8) is 0 Å². The van der Waals surface area contributed by atoms with E-state index in [1.165, 1.54) is 49.6 Å². The van der Waals surface area contributed by atoms with Gasteiger partial charge in [0.15, 0.2) is 5.16 Å². The lowest BCUT2D eigenvalue weighted by Gasteiger charge is -2.08. The maximum absolute atomic E-state index is 13.6. The minimum atomic E-state index is -0.448. The minimum Gasteiger partial charge on any atom is -0.323 e. The predicted octanol–water partition coefficient (Wildman–Crippen LogP) is 4.85. The average molecular weight is 391 g/mol. The number of allylic oxidation sites excluding steroid dienone is 1. The standard InChI is InChI=1S/C20H27FN4OS/c1-3-5-6-7-8-13-18-23-24-20(25(18)14-4-2)27-15-19(26)22-17-12-10-9-11-16(17)21/h4,9-12H,2-3,5-8,13-15H2,1H3,(H,22,26). The monoisotopic (exact) mass is 390 g/mol. The molecular weight excluding hydrogens is 363 g/mol. The predicted molar refractivity (Wildman–Crippen MR) is 108 cm³/mol.